The predicted octanol–water partition coefficient (Wildman–Crippen LogP) is 2.00. The lowest BCUT2D eigenvalue weighted by Gasteiger charge is -2.39. The first-order chi connectivity index (χ1) is 9.02. The molecule has 1 saturated heterocycles. The summed E-state index contributed by atoms with van der Waals surface area (Å²) < 4.78 is 0. The van der Waals surface area contributed by atoms with Gasteiger partial charge in [0.05, 0.1) is 10.7 Å². The van der Waals surface area contributed by atoms with E-state index in [9.17, 15) is 4.79 Å². The van der Waals surface area contributed by atoms with E-state index in [1.807, 2.05) is 6.07 Å². The maximum Gasteiger partial charge on any atom is 0.248 e. The minimum Gasteiger partial charge on any atom is -0.367 e. The third-order valence-electron chi connectivity index (χ3n) is 3.85. The molecule has 2 atom stereocenters. The molecule has 0 radical (unpaired) electrons. The van der Waals surface area contributed by atoms with E-state index in [-0.39, 0.29) is 0 Å². The molecule has 5 heteroatoms. The highest BCUT2D eigenvalue weighted by Gasteiger charge is 2.26. The molecule has 2 rings (SSSR count). The van der Waals surface area contributed by atoms with Crippen molar-refractivity contribution >= 4 is 23.2 Å². The number of primary amides is 1. The number of halogens is 1. The molecule has 1 aliphatic heterocycles. The SMILES string of the molecule is CC1CCC(CN)CN1c1ccc(C(N)=O)cc1Cl. The number of rotatable bonds is 3. The monoisotopic (exact) mass is 281 g/mol. The Morgan fingerprint density at radius 1 is 1.47 bits per heavy atom. The number of hydrogen-bond donors (Lipinski definition) is 2. The third kappa shape index (κ3) is 3.01. The zero-order chi connectivity index (χ0) is 14.0. The van der Waals surface area contributed by atoms with Gasteiger partial charge in [0.2, 0.25) is 5.91 Å². The Morgan fingerprint density at radius 2 is 2.21 bits per heavy atom. The van der Waals surface area contributed by atoms with Gasteiger partial charge in [-0.1, -0.05) is 11.6 Å². The van der Waals surface area contributed by atoms with Gasteiger partial charge < -0.3 is 16.4 Å². The van der Waals surface area contributed by atoms with Crippen LogP contribution in [0.5, 0.6) is 0 Å². The standard InChI is InChI=1S/C14H20ClN3O/c1-9-2-3-10(7-16)8-18(9)13-5-4-11(14(17)19)6-12(13)15/h4-6,9-10H,2-3,7-8,16H2,1H3,(H2,17,19). The zero-order valence-corrected chi connectivity index (χ0v) is 11.9. The highest BCUT2D eigenvalue weighted by atomic mass is 35.5. The van der Waals surface area contributed by atoms with Crippen LogP contribution in [-0.4, -0.2) is 25.0 Å². The molecule has 4 nitrogen and oxygen atoms in total. The van der Waals surface area contributed by atoms with E-state index in [4.69, 9.17) is 23.1 Å². The average molecular weight is 282 g/mol. The molecular formula is C14H20ClN3O. The molecular weight excluding hydrogens is 262 g/mol. The van der Waals surface area contributed by atoms with Crippen LogP contribution in [0.3, 0.4) is 0 Å². The Hall–Kier alpha value is -1.26. The lowest BCUT2D eigenvalue weighted by atomic mass is 9.93. The van der Waals surface area contributed by atoms with Gasteiger partial charge in [-0.3, -0.25) is 4.79 Å². The number of piperidine rings is 1. The molecule has 0 aliphatic carbocycles. The van der Waals surface area contributed by atoms with Gasteiger partial charge >= 0.3 is 0 Å². The summed E-state index contributed by atoms with van der Waals surface area (Å²) in [6.07, 6.45) is 2.26. The molecule has 1 aliphatic rings. The Labute approximate surface area is 118 Å². The molecule has 0 saturated carbocycles. The second-order valence-corrected chi connectivity index (χ2v) is 5.62. The molecule has 2 unspecified atom stereocenters. The van der Waals surface area contributed by atoms with E-state index in [2.05, 4.69) is 11.8 Å². The van der Waals surface area contributed by atoms with Gasteiger partial charge in [0, 0.05) is 18.2 Å². The fourth-order valence-corrected chi connectivity index (χ4v) is 2.89. The normalized spacial score (nSPS) is 23.4. The van der Waals surface area contributed by atoms with Crippen LogP contribution in [0.4, 0.5) is 5.69 Å². The maximum absolute atomic E-state index is 11.1. The van der Waals surface area contributed by atoms with E-state index >= 15 is 0 Å². The summed E-state index contributed by atoms with van der Waals surface area (Å²) in [6.45, 7) is 3.79. The fraction of sp³-hybridized carbons (Fsp3) is 0.500. The van der Waals surface area contributed by atoms with Gasteiger partial charge in [-0.05, 0) is 50.4 Å². The van der Waals surface area contributed by atoms with Crippen molar-refractivity contribution in [3.63, 3.8) is 0 Å². The lowest BCUT2D eigenvalue weighted by molar-refractivity contribution is 0.100. The van der Waals surface area contributed by atoms with Gasteiger partial charge in [-0.15, -0.1) is 0 Å². The second-order valence-electron chi connectivity index (χ2n) is 5.21. The first kappa shape index (κ1) is 14.2. The Morgan fingerprint density at radius 3 is 2.79 bits per heavy atom. The van der Waals surface area contributed by atoms with Gasteiger partial charge in [0.1, 0.15) is 0 Å². The van der Waals surface area contributed by atoms with E-state index in [0.717, 1.165) is 25.1 Å². The molecule has 4 N–H and O–H groups in total. The second kappa shape index (κ2) is 5.80. The van der Waals surface area contributed by atoms with Crippen molar-refractivity contribution in [1.82, 2.24) is 0 Å². The number of amides is 1. The molecule has 0 spiro atoms. The number of benzene rings is 1. The molecule has 0 aromatic heterocycles. The minimum absolute atomic E-state index is 0.430. The maximum atomic E-state index is 11.1. The van der Waals surface area contributed by atoms with Gasteiger partial charge in [0.25, 0.3) is 0 Å². The summed E-state index contributed by atoms with van der Waals surface area (Å²) in [5.41, 5.74) is 12.4. The van der Waals surface area contributed by atoms with Crippen LogP contribution in [0.2, 0.25) is 5.02 Å². The Bertz CT molecular complexity index is 478. The number of nitrogens with zero attached hydrogens (tertiary/aromatic N) is 1. The van der Waals surface area contributed by atoms with Crippen LogP contribution < -0.4 is 16.4 Å². The van der Waals surface area contributed by atoms with Crippen molar-refractivity contribution in [3.05, 3.63) is 28.8 Å². The lowest BCUT2D eigenvalue weighted by Crippen LogP contribution is -2.44. The van der Waals surface area contributed by atoms with Gasteiger partial charge in [-0.25, -0.2) is 0 Å². The summed E-state index contributed by atoms with van der Waals surface area (Å²) in [5.74, 6) is 0.0445. The van der Waals surface area contributed by atoms with Crippen molar-refractivity contribution in [2.75, 3.05) is 18.0 Å². The first-order valence-corrected chi connectivity index (χ1v) is 6.96. The number of carbonyl (C=O) groups is 1. The molecule has 1 heterocycles. The van der Waals surface area contributed by atoms with Crippen molar-refractivity contribution in [3.8, 4) is 0 Å². The molecule has 1 aromatic rings. The number of hydrogen-bond acceptors (Lipinski definition) is 3. The molecule has 0 bridgehead atoms. The Kier molecular flexibility index (Phi) is 4.32. The summed E-state index contributed by atoms with van der Waals surface area (Å²) in [6, 6.07) is 5.66. The predicted molar refractivity (Wildman–Crippen MR) is 78.6 cm³/mol. The topological polar surface area (TPSA) is 72.3 Å². The Balaban J connectivity index is 2.27. The summed E-state index contributed by atoms with van der Waals surface area (Å²) in [5, 5.41) is 0.570. The number of nitrogens with two attached hydrogens (primary N) is 2. The smallest absolute Gasteiger partial charge is 0.248 e. The largest absolute Gasteiger partial charge is 0.367 e. The van der Waals surface area contributed by atoms with Crippen LogP contribution in [-0.2, 0) is 0 Å². The third-order valence-corrected chi connectivity index (χ3v) is 4.16. The molecule has 1 aromatic carbocycles. The van der Waals surface area contributed by atoms with Crippen molar-refractivity contribution in [1.29, 1.82) is 0 Å². The van der Waals surface area contributed by atoms with Crippen molar-refractivity contribution in [2.45, 2.75) is 25.8 Å². The van der Waals surface area contributed by atoms with Crippen LogP contribution in [0, 0.1) is 5.92 Å². The van der Waals surface area contributed by atoms with Crippen LogP contribution >= 0.6 is 11.6 Å². The fourth-order valence-electron chi connectivity index (χ4n) is 2.60. The molecule has 1 fully saturated rings. The summed E-state index contributed by atoms with van der Waals surface area (Å²) in [4.78, 5) is 13.4. The molecule has 1 amide bonds. The molecule has 19 heavy (non-hydrogen) atoms. The molecule has 104 valence electrons. The van der Waals surface area contributed by atoms with Gasteiger partial charge in [0.15, 0.2) is 0 Å². The quantitative estimate of drug-likeness (QED) is 0.890. The van der Waals surface area contributed by atoms with Crippen molar-refractivity contribution < 1.29 is 4.79 Å². The highest BCUT2D eigenvalue weighted by molar-refractivity contribution is 6.33. The van der Waals surface area contributed by atoms with E-state index in [1.165, 1.54) is 0 Å². The first-order valence-electron chi connectivity index (χ1n) is 6.59. The minimum atomic E-state index is -0.458. The number of carbonyl (C=O) groups excluding carboxylic acids is 1. The van der Waals surface area contributed by atoms with Crippen LogP contribution in [0.1, 0.15) is 30.1 Å². The zero-order valence-electron chi connectivity index (χ0n) is 11.1. The van der Waals surface area contributed by atoms with Crippen molar-refractivity contribution in [2.24, 2.45) is 17.4 Å². The summed E-state index contributed by atoms with van der Waals surface area (Å²) >= 11 is 6.28. The average Bonchev–Trinajstić information content (AvgIpc) is 2.39. The van der Waals surface area contributed by atoms with Gasteiger partial charge in [-0.2, -0.15) is 0 Å². The summed E-state index contributed by atoms with van der Waals surface area (Å²) in [7, 11) is 0. The van der Waals surface area contributed by atoms with E-state index < -0.39 is 5.91 Å². The van der Waals surface area contributed by atoms with Crippen LogP contribution in [0.15, 0.2) is 18.2 Å². The van der Waals surface area contributed by atoms with Crippen LogP contribution in [0.25, 0.3) is 0 Å². The van der Waals surface area contributed by atoms with E-state index in [0.29, 0.717) is 29.1 Å². The van der Waals surface area contributed by atoms with E-state index in [1.54, 1.807) is 12.1 Å². The highest BCUT2D eigenvalue weighted by Crippen LogP contribution is 2.33. The number of anilines is 1.